The molecule has 0 atom stereocenters. The first-order valence-electron chi connectivity index (χ1n) is 8.50. The van der Waals surface area contributed by atoms with Crippen molar-refractivity contribution < 1.29 is 31.5 Å². The maximum absolute atomic E-state index is 14.0. The molecule has 3 aromatic rings. The lowest BCUT2D eigenvalue weighted by Crippen LogP contribution is -2.14. The number of carbonyl (C=O) groups is 1. The van der Waals surface area contributed by atoms with Gasteiger partial charge in [0, 0.05) is 11.6 Å². The van der Waals surface area contributed by atoms with E-state index in [-0.39, 0.29) is 29.5 Å². The minimum atomic E-state index is -4.60. The van der Waals surface area contributed by atoms with E-state index in [9.17, 15) is 26.7 Å². The topological polar surface area (TPSA) is 77.0 Å². The minimum absolute atomic E-state index is 0.0103. The van der Waals surface area contributed by atoms with Gasteiger partial charge in [-0.25, -0.2) is 18.6 Å². The fourth-order valence-electron chi connectivity index (χ4n) is 2.43. The smallest absolute Gasteiger partial charge is 0.416 e. The summed E-state index contributed by atoms with van der Waals surface area (Å²) in [5.41, 5.74) is -1.80. The molecule has 0 radical (unpaired) electrons. The van der Waals surface area contributed by atoms with Gasteiger partial charge in [-0.1, -0.05) is 12.1 Å². The summed E-state index contributed by atoms with van der Waals surface area (Å²) in [5.74, 6) is -3.21. The van der Waals surface area contributed by atoms with Crippen LogP contribution >= 0.6 is 0 Å². The molecule has 0 spiro atoms. The molecule has 6 nitrogen and oxygen atoms in total. The number of nitrogens with zero attached hydrogens (tertiary/aromatic N) is 3. The average Bonchev–Trinajstić information content (AvgIpc) is 2.70. The van der Waals surface area contributed by atoms with E-state index in [0.29, 0.717) is 0 Å². The molecule has 1 aromatic heterocycles. The van der Waals surface area contributed by atoms with Crippen molar-refractivity contribution in [3.63, 3.8) is 0 Å². The van der Waals surface area contributed by atoms with Crippen LogP contribution in [0.1, 0.15) is 23.0 Å². The molecule has 0 unspecified atom stereocenters. The SMILES string of the molecule is CCOC(=O)c1nnc(-c2cccc(C(F)(F)F)c2)nc1Nc1cc(F)ccc1F. The molecule has 3 rings (SSSR count). The summed E-state index contributed by atoms with van der Waals surface area (Å²) < 4.78 is 71.3. The Bertz CT molecular complexity index is 1090. The van der Waals surface area contributed by atoms with Gasteiger partial charge in [0.05, 0.1) is 17.9 Å². The first-order chi connectivity index (χ1) is 14.2. The van der Waals surface area contributed by atoms with Crippen LogP contribution in [0.15, 0.2) is 42.5 Å². The van der Waals surface area contributed by atoms with E-state index in [1.54, 1.807) is 0 Å². The first kappa shape index (κ1) is 21.1. The van der Waals surface area contributed by atoms with Gasteiger partial charge in [-0.2, -0.15) is 13.2 Å². The molecule has 30 heavy (non-hydrogen) atoms. The van der Waals surface area contributed by atoms with Gasteiger partial charge >= 0.3 is 12.1 Å². The van der Waals surface area contributed by atoms with Crippen LogP contribution in [0.2, 0.25) is 0 Å². The van der Waals surface area contributed by atoms with Crippen LogP contribution in [0.25, 0.3) is 11.4 Å². The number of anilines is 2. The van der Waals surface area contributed by atoms with Crippen LogP contribution in [0.5, 0.6) is 0 Å². The van der Waals surface area contributed by atoms with Crippen LogP contribution in [0.3, 0.4) is 0 Å². The Morgan fingerprint density at radius 2 is 1.87 bits per heavy atom. The lowest BCUT2D eigenvalue weighted by Gasteiger charge is -2.12. The van der Waals surface area contributed by atoms with Gasteiger partial charge in [0.1, 0.15) is 11.6 Å². The monoisotopic (exact) mass is 424 g/mol. The Labute approximate surface area is 166 Å². The lowest BCUT2D eigenvalue weighted by atomic mass is 10.1. The predicted molar refractivity (Wildman–Crippen MR) is 95.9 cm³/mol. The quantitative estimate of drug-likeness (QED) is 0.470. The molecule has 0 aliphatic carbocycles. The molecule has 1 heterocycles. The zero-order valence-electron chi connectivity index (χ0n) is 15.3. The zero-order chi connectivity index (χ0) is 21.9. The molecule has 2 aromatic carbocycles. The number of alkyl halides is 3. The Hall–Kier alpha value is -3.63. The van der Waals surface area contributed by atoms with E-state index in [0.717, 1.165) is 36.4 Å². The van der Waals surface area contributed by atoms with Gasteiger partial charge < -0.3 is 10.1 Å². The third-order valence-corrected chi connectivity index (χ3v) is 3.79. The highest BCUT2D eigenvalue weighted by atomic mass is 19.4. The lowest BCUT2D eigenvalue weighted by molar-refractivity contribution is -0.137. The summed E-state index contributed by atoms with van der Waals surface area (Å²) in [7, 11) is 0. The number of carbonyl (C=O) groups excluding carboxylic acids is 1. The third-order valence-electron chi connectivity index (χ3n) is 3.79. The molecule has 0 aliphatic heterocycles. The summed E-state index contributed by atoms with van der Waals surface area (Å²) in [4.78, 5) is 16.1. The van der Waals surface area contributed by atoms with Crippen molar-refractivity contribution in [2.45, 2.75) is 13.1 Å². The first-order valence-corrected chi connectivity index (χ1v) is 8.50. The molecular formula is C19H13F5N4O2. The van der Waals surface area contributed by atoms with Crippen LogP contribution in [-0.2, 0) is 10.9 Å². The standard InChI is InChI=1S/C19H13F5N4O2/c1-2-30-18(29)15-17(25-14-9-12(20)6-7-13(14)21)26-16(28-27-15)10-4-3-5-11(8-10)19(22,23)24/h3-9H,2H2,1H3,(H,25,26,28). The summed E-state index contributed by atoms with van der Waals surface area (Å²) in [6.07, 6.45) is -4.60. The number of hydrogen-bond acceptors (Lipinski definition) is 6. The Morgan fingerprint density at radius 3 is 2.57 bits per heavy atom. The molecule has 1 N–H and O–H groups in total. The highest BCUT2D eigenvalue weighted by Crippen LogP contribution is 2.32. The van der Waals surface area contributed by atoms with Crippen LogP contribution in [0.4, 0.5) is 33.5 Å². The summed E-state index contributed by atoms with van der Waals surface area (Å²) in [6, 6.07) is 6.68. The maximum Gasteiger partial charge on any atom is 0.416 e. The van der Waals surface area contributed by atoms with Crippen molar-refractivity contribution in [2.24, 2.45) is 0 Å². The summed E-state index contributed by atoms with van der Waals surface area (Å²) >= 11 is 0. The molecule has 0 amide bonds. The van der Waals surface area contributed by atoms with E-state index in [2.05, 4.69) is 20.5 Å². The number of benzene rings is 2. The normalized spacial score (nSPS) is 11.3. The maximum atomic E-state index is 14.0. The van der Waals surface area contributed by atoms with Gasteiger partial charge in [0.25, 0.3) is 0 Å². The van der Waals surface area contributed by atoms with Gasteiger partial charge in [-0.05, 0) is 31.2 Å². The van der Waals surface area contributed by atoms with E-state index in [1.807, 2.05) is 0 Å². The van der Waals surface area contributed by atoms with Crippen LogP contribution in [-0.4, -0.2) is 27.8 Å². The van der Waals surface area contributed by atoms with Crippen molar-refractivity contribution in [1.29, 1.82) is 0 Å². The van der Waals surface area contributed by atoms with Crippen molar-refractivity contribution >= 4 is 17.5 Å². The molecular weight excluding hydrogens is 411 g/mol. The number of nitrogens with one attached hydrogen (secondary N) is 1. The number of hydrogen-bond donors (Lipinski definition) is 1. The van der Waals surface area contributed by atoms with Crippen molar-refractivity contribution in [3.05, 3.63) is 65.4 Å². The summed E-state index contributed by atoms with van der Waals surface area (Å²) in [6.45, 7) is 1.53. The van der Waals surface area contributed by atoms with Gasteiger partial charge in [0.2, 0.25) is 5.69 Å². The Morgan fingerprint density at radius 1 is 1.10 bits per heavy atom. The van der Waals surface area contributed by atoms with Crippen molar-refractivity contribution in [2.75, 3.05) is 11.9 Å². The number of halogens is 5. The Balaban J connectivity index is 2.09. The third kappa shape index (κ3) is 4.67. The van der Waals surface area contributed by atoms with Gasteiger partial charge in [-0.3, -0.25) is 0 Å². The van der Waals surface area contributed by atoms with Gasteiger partial charge in [-0.15, -0.1) is 10.2 Å². The van der Waals surface area contributed by atoms with E-state index >= 15 is 0 Å². The Kier molecular flexibility index (Phi) is 5.90. The fraction of sp³-hybridized carbons (Fsp3) is 0.158. The second-order valence-corrected chi connectivity index (χ2v) is 5.88. The van der Waals surface area contributed by atoms with Crippen molar-refractivity contribution in [3.8, 4) is 11.4 Å². The van der Waals surface area contributed by atoms with E-state index in [4.69, 9.17) is 4.74 Å². The molecule has 156 valence electrons. The summed E-state index contributed by atoms with van der Waals surface area (Å²) in [5, 5.41) is 9.77. The molecule has 0 aliphatic rings. The second kappa shape index (κ2) is 8.39. The van der Waals surface area contributed by atoms with E-state index in [1.165, 1.54) is 13.0 Å². The predicted octanol–water partition coefficient (Wildman–Crippen LogP) is 4.76. The molecule has 0 fully saturated rings. The zero-order valence-corrected chi connectivity index (χ0v) is 15.3. The highest BCUT2D eigenvalue weighted by Gasteiger charge is 2.31. The van der Waals surface area contributed by atoms with Crippen LogP contribution in [0, 0.1) is 11.6 Å². The second-order valence-electron chi connectivity index (χ2n) is 5.88. The molecule has 11 heteroatoms. The highest BCUT2D eigenvalue weighted by molar-refractivity contribution is 5.93. The molecule has 0 saturated carbocycles. The fourth-order valence-corrected chi connectivity index (χ4v) is 2.43. The molecule has 0 bridgehead atoms. The van der Waals surface area contributed by atoms with Gasteiger partial charge in [0.15, 0.2) is 11.6 Å². The van der Waals surface area contributed by atoms with Crippen LogP contribution < -0.4 is 5.32 Å². The number of aromatic nitrogens is 3. The largest absolute Gasteiger partial charge is 0.461 e. The van der Waals surface area contributed by atoms with Crippen molar-refractivity contribution in [1.82, 2.24) is 15.2 Å². The molecule has 0 saturated heterocycles. The number of ether oxygens (including phenoxy) is 1. The minimum Gasteiger partial charge on any atom is -0.461 e. The van der Waals surface area contributed by atoms with E-state index < -0.39 is 35.0 Å². The average molecular weight is 424 g/mol. The number of rotatable bonds is 5. The number of esters is 1.